The highest BCUT2D eigenvalue weighted by molar-refractivity contribution is 9.10. The minimum atomic E-state index is 0.878. The summed E-state index contributed by atoms with van der Waals surface area (Å²) in [5.41, 5.74) is 2.23. The molecule has 0 spiro atoms. The normalized spacial score (nSPS) is 10.1. The van der Waals surface area contributed by atoms with Gasteiger partial charge in [0.1, 0.15) is 4.60 Å². The van der Waals surface area contributed by atoms with Crippen LogP contribution in [0.5, 0.6) is 0 Å². The highest BCUT2D eigenvalue weighted by Gasteiger charge is 1.87. The van der Waals surface area contributed by atoms with Crippen LogP contribution in [0.15, 0.2) is 66.0 Å². The smallest absolute Gasteiger partial charge is 0.106 e. The van der Waals surface area contributed by atoms with Crippen LogP contribution in [-0.2, 0) is 0 Å². The predicted octanol–water partition coefficient (Wildman–Crippen LogP) is 5.18. The van der Waals surface area contributed by atoms with E-state index in [2.05, 4.69) is 34.1 Å². The van der Waals surface area contributed by atoms with Gasteiger partial charge in [0.2, 0.25) is 0 Å². The molecule has 90 valence electrons. The van der Waals surface area contributed by atoms with Gasteiger partial charge in [0.15, 0.2) is 0 Å². The van der Waals surface area contributed by atoms with E-state index in [0.717, 1.165) is 10.2 Å². The standard InChI is InChI=1S/C8H8BrN.C7H10/c1-2-3-7-4-5-10-8(9)6-7;1-4-5-6-7(2)3/h2-6H,1H3;4-6H,1-2H2,3H3/b3-2+;6-5-. The van der Waals surface area contributed by atoms with Gasteiger partial charge in [-0.05, 0) is 47.5 Å². The summed E-state index contributed by atoms with van der Waals surface area (Å²) in [4.78, 5) is 4.00. The molecule has 1 rings (SSSR count). The first-order valence-electron chi connectivity index (χ1n) is 5.29. The highest BCUT2D eigenvalue weighted by Crippen LogP contribution is 2.08. The number of rotatable bonds is 3. The summed E-state index contributed by atoms with van der Waals surface area (Å²) in [6.45, 7) is 11.1. The molecule has 0 saturated heterocycles. The average molecular weight is 292 g/mol. The van der Waals surface area contributed by atoms with Crippen LogP contribution in [-0.4, -0.2) is 4.98 Å². The average Bonchev–Trinajstić information content (AvgIpc) is 2.28. The third kappa shape index (κ3) is 9.52. The first kappa shape index (κ1) is 15.6. The zero-order valence-corrected chi connectivity index (χ0v) is 11.9. The summed E-state index contributed by atoms with van der Waals surface area (Å²) >= 11 is 3.29. The van der Waals surface area contributed by atoms with Gasteiger partial charge in [0.05, 0.1) is 0 Å². The Hall–Kier alpha value is -1.41. The van der Waals surface area contributed by atoms with Crippen molar-refractivity contribution in [2.24, 2.45) is 0 Å². The van der Waals surface area contributed by atoms with Crippen molar-refractivity contribution in [3.05, 3.63) is 71.5 Å². The van der Waals surface area contributed by atoms with E-state index < -0.39 is 0 Å². The van der Waals surface area contributed by atoms with Crippen molar-refractivity contribution in [2.45, 2.75) is 13.8 Å². The van der Waals surface area contributed by atoms with Crippen LogP contribution in [0.3, 0.4) is 0 Å². The Balaban J connectivity index is 0.000000325. The van der Waals surface area contributed by atoms with E-state index in [9.17, 15) is 0 Å². The van der Waals surface area contributed by atoms with Crippen molar-refractivity contribution >= 4 is 22.0 Å². The van der Waals surface area contributed by atoms with E-state index in [0.29, 0.717) is 0 Å². The van der Waals surface area contributed by atoms with E-state index in [4.69, 9.17) is 0 Å². The zero-order valence-electron chi connectivity index (χ0n) is 10.4. The van der Waals surface area contributed by atoms with Crippen molar-refractivity contribution in [1.82, 2.24) is 4.98 Å². The van der Waals surface area contributed by atoms with Crippen molar-refractivity contribution in [3.8, 4) is 0 Å². The third-order valence-electron chi connectivity index (χ3n) is 1.63. The fourth-order valence-electron chi connectivity index (χ4n) is 0.946. The van der Waals surface area contributed by atoms with Gasteiger partial charge >= 0.3 is 0 Å². The van der Waals surface area contributed by atoms with Crippen LogP contribution in [0.2, 0.25) is 0 Å². The number of hydrogen-bond acceptors (Lipinski definition) is 1. The maximum atomic E-state index is 4.00. The van der Waals surface area contributed by atoms with Gasteiger partial charge in [-0.3, -0.25) is 0 Å². The molecule has 0 fully saturated rings. The Bertz CT molecular complexity index is 417. The lowest BCUT2D eigenvalue weighted by Gasteiger charge is -1.91. The molecule has 0 aliphatic carbocycles. The molecular formula is C15H18BrN. The minimum Gasteiger partial charge on any atom is -0.249 e. The number of allylic oxidation sites excluding steroid dienone is 5. The van der Waals surface area contributed by atoms with Crippen molar-refractivity contribution in [3.63, 3.8) is 0 Å². The molecule has 0 aliphatic rings. The van der Waals surface area contributed by atoms with Crippen LogP contribution in [0.4, 0.5) is 0 Å². The SMILES string of the molecule is C/C=C/c1ccnc(Br)c1.C=C/C=C\C(=C)C. The molecule has 1 aromatic heterocycles. The Morgan fingerprint density at radius 1 is 1.47 bits per heavy atom. The maximum Gasteiger partial charge on any atom is 0.106 e. The molecular weight excluding hydrogens is 274 g/mol. The van der Waals surface area contributed by atoms with E-state index in [1.807, 2.05) is 50.3 Å². The molecule has 0 aromatic carbocycles. The summed E-state index contributed by atoms with van der Waals surface area (Å²) in [6.07, 6.45) is 11.3. The lowest BCUT2D eigenvalue weighted by Crippen LogP contribution is -1.75. The molecule has 0 saturated carbocycles. The molecule has 1 nitrogen and oxygen atoms in total. The summed E-state index contributed by atoms with van der Waals surface area (Å²) < 4.78 is 0.878. The van der Waals surface area contributed by atoms with Gasteiger partial charge in [-0.25, -0.2) is 4.98 Å². The molecule has 17 heavy (non-hydrogen) atoms. The van der Waals surface area contributed by atoms with Gasteiger partial charge in [-0.2, -0.15) is 0 Å². The lowest BCUT2D eigenvalue weighted by molar-refractivity contribution is 1.27. The molecule has 0 aliphatic heterocycles. The van der Waals surface area contributed by atoms with Gasteiger partial charge in [0, 0.05) is 6.20 Å². The molecule has 1 aromatic rings. The van der Waals surface area contributed by atoms with Gasteiger partial charge < -0.3 is 0 Å². The summed E-state index contributed by atoms with van der Waals surface area (Å²) in [5.74, 6) is 0. The fourth-order valence-corrected chi connectivity index (χ4v) is 1.33. The maximum absolute atomic E-state index is 4.00. The molecule has 0 amide bonds. The van der Waals surface area contributed by atoms with E-state index >= 15 is 0 Å². The summed E-state index contributed by atoms with van der Waals surface area (Å²) in [6, 6.07) is 3.94. The van der Waals surface area contributed by atoms with Gasteiger partial charge in [0.25, 0.3) is 0 Å². The molecule has 0 unspecified atom stereocenters. The first-order valence-corrected chi connectivity index (χ1v) is 6.08. The second kappa shape index (κ2) is 9.79. The second-order valence-corrected chi connectivity index (χ2v) is 4.17. The molecule has 0 atom stereocenters. The Kier molecular flexibility index (Phi) is 8.98. The van der Waals surface area contributed by atoms with Crippen LogP contribution in [0, 0.1) is 0 Å². The predicted molar refractivity (Wildman–Crippen MR) is 80.8 cm³/mol. The van der Waals surface area contributed by atoms with Crippen molar-refractivity contribution in [2.75, 3.05) is 0 Å². The largest absolute Gasteiger partial charge is 0.249 e. The Morgan fingerprint density at radius 3 is 2.59 bits per heavy atom. The topological polar surface area (TPSA) is 12.9 Å². The number of aromatic nitrogens is 1. The van der Waals surface area contributed by atoms with Crippen LogP contribution < -0.4 is 0 Å². The van der Waals surface area contributed by atoms with E-state index in [1.54, 1.807) is 12.3 Å². The first-order chi connectivity index (χ1) is 8.10. The lowest BCUT2D eigenvalue weighted by atomic mass is 10.2. The van der Waals surface area contributed by atoms with Crippen LogP contribution in [0.25, 0.3) is 6.08 Å². The molecule has 1 heterocycles. The van der Waals surface area contributed by atoms with Crippen LogP contribution in [0.1, 0.15) is 19.4 Å². The number of nitrogens with zero attached hydrogens (tertiary/aromatic N) is 1. The summed E-state index contributed by atoms with van der Waals surface area (Å²) in [7, 11) is 0. The zero-order chi connectivity index (χ0) is 13.1. The third-order valence-corrected chi connectivity index (χ3v) is 2.06. The van der Waals surface area contributed by atoms with Crippen molar-refractivity contribution < 1.29 is 0 Å². The Labute approximate surface area is 112 Å². The number of halogens is 1. The van der Waals surface area contributed by atoms with Crippen LogP contribution >= 0.6 is 15.9 Å². The number of pyridine rings is 1. The quantitative estimate of drug-likeness (QED) is 0.552. The van der Waals surface area contributed by atoms with Gasteiger partial charge in [-0.1, -0.05) is 49.1 Å². The molecule has 0 bridgehead atoms. The molecule has 0 N–H and O–H groups in total. The number of hydrogen-bond donors (Lipinski definition) is 0. The van der Waals surface area contributed by atoms with Crippen molar-refractivity contribution in [1.29, 1.82) is 0 Å². The molecule has 0 radical (unpaired) electrons. The fraction of sp³-hybridized carbons (Fsp3) is 0.133. The second-order valence-electron chi connectivity index (χ2n) is 3.35. The monoisotopic (exact) mass is 291 g/mol. The molecule has 2 heteroatoms. The minimum absolute atomic E-state index is 0.878. The van der Waals surface area contributed by atoms with Gasteiger partial charge in [-0.15, -0.1) is 0 Å². The highest BCUT2D eigenvalue weighted by atomic mass is 79.9. The van der Waals surface area contributed by atoms with E-state index in [-0.39, 0.29) is 0 Å². The van der Waals surface area contributed by atoms with E-state index in [1.165, 1.54) is 5.56 Å². The Morgan fingerprint density at radius 2 is 2.18 bits per heavy atom. The summed E-state index contributed by atoms with van der Waals surface area (Å²) in [5, 5.41) is 0.